The molecule has 1 aromatic rings. The maximum absolute atomic E-state index is 13.9. The average molecular weight is 689 g/mol. The van der Waals surface area contributed by atoms with Gasteiger partial charge in [0.25, 0.3) is 0 Å². The van der Waals surface area contributed by atoms with Gasteiger partial charge in [0.15, 0.2) is 0 Å². The first-order chi connectivity index (χ1) is 22.9. The first kappa shape index (κ1) is 41.4. The Morgan fingerprint density at radius 1 is 1.02 bits per heavy atom. The highest BCUT2D eigenvalue weighted by atomic mass is 16.6. The number of carbonyl (C=O) groups excluding carboxylic acids is 5. The topological polar surface area (TPSA) is 179 Å². The van der Waals surface area contributed by atoms with Crippen LogP contribution in [0.3, 0.4) is 0 Å². The van der Waals surface area contributed by atoms with Crippen LogP contribution in [-0.4, -0.2) is 87.1 Å². The van der Waals surface area contributed by atoms with Crippen LogP contribution in [0.5, 0.6) is 0 Å². The minimum Gasteiger partial charge on any atom is -0.444 e. The Hall–Kier alpha value is -3.74. The summed E-state index contributed by atoms with van der Waals surface area (Å²) in [7, 11) is 0. The number of pyridine rings is 1. The summed E-state index contributed by atoms with van der Waals surface area (Å²) in [6.45, 7) is 16.7. The van der Waals surface area contributed by atoms with Crippen molar-refractivity contribution in [1.82, 2.24) is 31.2 Å². The largest absolute Gasteiger partial charge is 0.444 e. The summed E-state index contributed by atoms with van der Waals surface area (Å²) in [5, 5.41) is 22.6. The van der Waals surface area contributed by atoms with Gasteiger partial charge in [-0.3, -0.25) is 24.2 Å². The van der Waals surface area contributed by atoms with E-state index in [1.165, 1.54) is 4.90 Å². The van der Waals surface area contributed by atoms with E-state index >= 15 is 0 Å². The van der Waals surface area contributed by atoms with E-state index in [-0.39, 0.29) is 36.0 Å². The summed E-state index contributed by atoms with van der Waals surface area (Å²) in [6.07, 6.45) is 4.82. The number of hydrogen-bond acceptors (Lipinski definition) is 8. The maximum Gasteiger partial charge on any atom is 0.408 e. The molecule has 2 heterocycles. The molecule has 5 N–H and O–H groups in total. The Morgan fingerprint density at radius 2 is 1.67 bits per heavy atom. The van der Waals surface area contributed by atoms with Gasteiger partial charge in [0.1, 0.15) is 23.7 Å². The Bertz CT molecular complexity index is 1240. The molecule has 0 spiro atoms. The third-order valence-electron chi connectivity index (χ3n) is 8.99. The number of nitrogens with zero attached hydrogens (tertiary/aromatic N) is 2. The maximum atomic E-state index is 13.9. The smallest absolute Gasteiger partial charge is 0.408 e. The van der Waals surface area contributed by atoms with E-state index in [1.807, 2.05) is 27.7 Å². The number of amides is 5. The molecule has 0 aliphatic carbocycles. The number of carbonyl (C=O) groups is 5. The summed E-state index contributed by atoms with van der Waals surface area (Å²) in [5.41, 5.74) is 0.146. The SMILES string of the molecule is CCC(C)[C@H](NC(=O)OC(C)(C)C)C(=O)N1CCCCC[C@@H]([C@@H](O)C[C@@H](C)C(=O)N[C@H](C(=O)NCc2ccncc2)C(C)C)NC(=O)[C@@H]1C. The van der Waals surface area contributed by atoms with Crippen LogP contribution in [-0.2, 0) is 30.5 Å². The molecule has 7 atom stereocenters. The lowest BCUT2D eigenvalue weighted by molar-refractivity contribution is -0.143. The number of nitrogens with one attached hydrogen (secondary N) is 4. The molecule has 0 aromatic carbocycles. The molecule has 13 heteroatoms. The monoisotopic (exact) mass is 688 g/mol. The van der Waals surface area contributed by atoms with E-state index in [4.69, 9.17) is 4.74 Å². The Balaban J connectivity index is 2.08. The summed E-state index contributed by atoms with van der Waals surface area (Å²) < 4.78 is 5.41. The van der Waals surface area contributed by atoms with Crippen molar-refractivity contribution in [2.75, 3.05) is 6.54 Å². The van der Waals surface area contributed by atoms with Gasteiger partial charge < -0.3 is 36.0 Å². The molecule has 49 heavy (non-hydrogen) atoms. The molecule has 0 bridgehead atoms. The zero-order valence-electron chi connectivity index (χ0n) is 30.9. The third kappa shape index (κ3) is 13.6. The van der Waals surface area contributed by atoms with Crippen LogP contribution in [0.2, 0.25) is 0 Å². The molecule has 1 unspecified atom stereocenters. The number of aliphatic hydroxyl groups excluding tert-OH is 1. The minimum absolute atomic E-state index is 0.0627. The van der Waals surface area contributed by atoms with Crippen molar-refractivity contribution in [3.05, 3.63) is 30.1 Å². The number of alkyl carbamates (subject to hydrolysis) is 1. The lowest BCUT2D eigenvalue weighted by Crippen LogP contribution is -2.59. The van der Waals surface area contributed by atoms with Crippen molar-refractivity contribution >= 4 is 29.7 Å². The summed E-state index contributed by atoms with van der Waals surface area (Å²) in [4.78, 5) is 71.8. The molecule has 5 amide bonds. The standard InChI is InChI=1S/C36H60N6O7/c1-10-23(4)30(41-35(48)49-36(7,8)9)34(47)42-19-13-11-12-14-27(39-32(45)25(42)6)28(43)20-24(5)31(44)40-29(22(2)3)33(46)38-21-26-15-17-37-18-16-26/h15-18,22-25,27-30,43H,10-14,19-21H2,1-9H3,(H,38,46)(H,39,45)(H,40,44)(H,41,48)/t23?,24-,25+,27+,28+,29+,30+/m1/s1. The van der Waals surface area contributed by atoms with Crippen LogP contribution in [0.25, 0.3) is 0 Å². The predicted molar refractivity (Wildman–Crippen MR) is 187 cm³/mol. The number of ether oxygens (including phenoxy) is 1. The van der Waals surface area contributed by atoms with E-state index < -0.39 is 53.8 Å². The number of hydrogen-bond donors (Lipinski definition) is 5. The second kappa shape index (κ2) is 19.4. The normalized spacial score (nSPS) is 20.6. The van der Waals surface area contributed by atoms with Crippen LogP contribution >= 0.6 is 0 Å². The zero-order chi connectivity index (χ0) is 36.9. The van der Waals surface area contributed by atoms with Gasteiger partial charge >= 0.3 is 6.09 Å². The highest BCUT2D eigenvalue weighted by Gasteiger charge is 2.37. The van der Waals surface area contributed by atoms with Crippen molar-refractivity contribution in [3.63, 3.8) is 0 Å². The van der Waals surface area contributed by atoms with Crippen LogP contribution in [0.1, 0.15) is 106 Å². The van der Waals surface area contributed by atoms with Crippen LogP contribution in [0.4, 0.5) is 4.79 Å². The van der Waals surface area contributed by atoms with Gasteiger partial charge in [0.05, 0.1) is 12.1 Å². The van der Waals surface area contributed by atoms with Gasteiger partial charge in [0.2, 0.25) is 23.6 Å². The Morgan fingerprint density at radius 3 is 2.27 bits per heavy atom. The van der Waals surface area contributed by atoms with Crippen molar-refractivity contribution in [1.29, 1.82) is 0 Å². The minimum atomic E-state index is -1.04. The second-order valence-corrected chi connectivity index (χ2v) is 14.7. The fourth-order valence-electron chi connectivity index (χ4n) is 5.68. The number of rotatable bonds is 13. The molecular weight excluding hydrogens is 628 g/mol. The molecule has 1 aromatic heterocycles. The van der Waals surface area contributed by atoms with Crippen molar-refractivity contribution in [3.8, 4) is 0 Å². The quantitative estimate of drug-likeness (QED) is 0.209. The van der Waals surface area contributed by atoms with Crippen LogP contribution < -0.4 is 21.3 Å². The van der Waals surface area contributed by atoms with Crippen LogP contribution in [0, 0.1) is 17.8 Å². The van der Waals surface area contributed by atoms with Gasteiger partial charge in [-0.2, -0.15) is 0 Å². The van der Waals surface area contributed by atoms with E-state index in [9.17, 15) is 29.1 Å². The van der Waals surface area contributed by atoms with Gasteiger partial charge in [0, 0.05) is 31.4 Å². The van der Waals surface area contributed by atoms with Gasteiger partial charge in [-0.05, 0) is 76.5 Å². The molecule has 0 radical (unpaired) electrons. The zero-order valence-corrected chi connectivity index (χ0v) is 30.9. The summed E-state index contributed by atoms with van der Waals surface area (Å²) in [5.74, 6) is -2.52. The third-order valence-corrected chi connectivity index (χ3v) is 8.99. The van der Waals surface area contributed by atoms with E-state index in [0.29, 0.717) is 38.8 Å². The molecular formula is C36H60N6O7. The molecule has 0 saturated carbocycles. The van der Waals surface area contributed by atoms with E-state index in [1.54, 1.807) is 59.1 Å². The fourth-order valence-corrected chi connectivity index (χ4v) is 5.68. The fraction of sp³-hybridized carbons (Fsp3) is 0.722. The summed E-state index contributed by atoms with van der Waals surface area (Å²) in [6, 6.07) is 0.436. The van der Waals surface area contributed by atoms with Crippen LogP contribution in [0.15, 0.2) is 24.5 Å². The number of aromatic nitrogens is 1. The molecule has 1 aliphatic rings. The Kier molecular flexibility index (Phi) is 16.4. The van der Waals surface area contributed by atoms with Gasteiger partial charge in [-0.15, -0.1) is 0 Å². The summed E-state index contributed by atoms with van der Waals surface area (Å²) >= 11 is 0. The van der Waals surface area contributed by atoms with Crippen molar-refractivity contribution in [2.45, 2.75) is 143 Å². The highest BCUT2D eigenvalue weighted by molar-refractivity contribution is 5.91. The Labute approximate surface area is 292 Å². The predicted octanol–water partition coefficient (Wildman–Crippen LogP) is 3.44. The van der Waals surface area contributed by atoms with Gasteiger partial charge in [-0.1, -0.05) is 53.9 Å². The van der Waals surface area contributed by atoms with E-state index in [2.05, 4.69) is 26.3 Å². The first-order valence-electron chi connectivity index (χ1n) is 17.7. The highest BCUT2D eigenvalue weighted by Crippen LogP contribution is 2.20. The second-order valence-electron chi connectivity index (χ2n) is 14.7. The molecule has 1 saturated heterocycles. The molecule has 2 rings (SSSR count). The molecule has 13 nitrogen and oxygen atoms in total. The lowest BCUT2D eigenvalue weighted by Gasteiger charge is -2.36. The van der Waals surface area contributed by atoms with Crippen molar-refractivity contribution < 1.29 is 33.8 Å². The average Bonchev–Trinajstić information content (AvgIpc) is 3.04. The number of aliphatic hydroxyl groups is 1. The van der Waals surface area contributed by atoms with Gasteiger partial charge in [-0.25, -0.2) is 4.79 Å². The molecule has 1 aliphatic heterocycles. The van der Waals surface area contributed by atoms with E-state index in [0.717, 1.165) is 12.0 Å². The first-order valence-corrected chi connectivity index (χ1v) is 17.7. The van der Waals surface area contributed by atoms with Crippen molar-refractivity contribution in [2.24, 2.45) is 17.8 Å². The lowest BCUT2D eigenvalue weighted by atomic mass is 9.92. The molecule has 1 fully saturated rings. The molecule has 276 valence electrons.